The molecule has 0 aliphatic rings. The van der Waals surface area contributed by atoms with Crippen molar-refractivity contribution in [3.8, 4) is 22.8 Å². The Morgan fingerprint density at radius 3 is 2.71 bits per heavy atom. The van der Waals surface area contributed by atoms with Gasteiger partial charge >= 0.3 is 0 Å². The van der Waals surface area contributed by atoms with Gasteiger partial charge in [-0.1, -0.05) is 41.9 Å². The van der Waals surface area contributed by atoms with Crippen molar-refractivity contribution >= 4 is 11.6 Å². The molecule has 1 aromatic carbocycles. The van der Waals surface area contributed by atoms with Crippen molar-refractivity contribution in [1.82, 2.24) is 14.8 Å². The van der Waals surface area contributed by atoms with Gasteiger partial charge in [0.25, 0.3) is 0 Å². The van der Waals surface area contributed by atoms with E-state index in [1.165, 1.54) is 0 Å². The van der Waals surface area contributed by atoms with E-state index in [0.717, 1.165) is 17.8 Å². The average molecular weight is 300 g/mol. The second kappa shape index (κ2) is 5.97. The minimum absolute atomic E-state index is 0.400. The smallest absolute Gasteiger partial charge is 0.173 e. The van der Waals surface area contributed by atoms with Crippen LogP contribution in [0, 0.1) is 0 Å². The van der Waals surface area contributed by atoms with Gasteiger partial charge < -0.3 is 4.74 Å². The maximum Gasteiger partial charge on any atom is 0.173 e. The summed E-state index contributed by atoms with van der Waals surface area (Å²) in [6.45, 7) is 2.81. The first-order valence-electron chi connectivity index (χ1n) is 6.68. The third-order valence-corrected chi connectivity index (χ3v) is 3.23. The van der Waals surface area contributed by atoms with Crippen molar-refractivity contribution < 1.29 is 4.74 Å². The van der Waals surface area contributed by atoms with E-state index in [9.17, 15) is 0 Å². The number of benzene rings is 1. The van der Waals surface area contributed by atoms with Crippen LogP contribution in [0.3, 0.4) is 0 Å². The fraction of sp³-hybridized carbons (Fsp3) is 0.125. The first-order chi connectivity index (χ1) is 10.3. The molecule has 4 nitrogen and oxygen atoms in total. The molecule has 0 aliphatic carbocycles. The second-order valence-corrected chi connectivity index (χ2v) is 4.87. The Bertz CT molecular complexity index is 740. The summed E-state index contributed by atoms with van der Waals surface area (Å²) >= 11 is 5.89. The summed E-state index contributed by atoms with van der Waals surface area (Å²) in [5.74, 6) is 1.34. The number of aromatic nitrogens is 3. The lowest BCUT2D eigenvalue weighted by Gasteiger charge is -2.05. The fourth-order valence-corrected chi connectivity index (χ4v) is 2.17. The van der Waals surface area contributed by atoms with Crippen LogP contribution >= 0.6 is 11.6 Å². The second-order valence-electron chi connectivity index (χ2n) is 4.48. The predicted octanol–water partition coefficient (Wildman–Crippen LogP) is 4.41. The van der Waals surface area contributed by atoms with Gasteiger partial charge in [0.2, 0.25) is 0 Å². The molecule has 0 bridgehead atoms. The molecule has 2 heterocycles. The van der Waals surface area contributed by atoms with E-state index in [2.05, 4.69) is 10.1 Å². The van der Waals surface area contributed by atoms with Crippen molar-refractivity contribution in [3.05, 3.63) is 60.0 Å². The van der Waals surface area contributed by atoms with Gasteiger partial charge in [-0.15, -0.1) is 0 Å². The highest BCUT2D eigenvalue weighted by atomic mass is 35.5. The summed E-state index contributed by atoms with van der Waals surface area (Å²) < 4.78 is 7.77. The Labute approximate surface area is 128 Å². The number of rotatable bonds is 4. The molecule has 0 unspecified atom stereocenters. The summed E-state index contributed by atoms with van der Waals surface area (Å²) in [6.07, 6.45) is 3.50. The molecule has 0 saturated heterocycles. The topological polar surface area (TPSA) is 39.9 Å². The zero-order valence-electron chi connectivity index (χ0n) is 11.5. The molecule has 0 aliphatic heterocycles. The van der Waals surface area contributed by atoms with Crippen LogP contribution in [0.4, 0.5) is 0 Å². The van der Waals surface area contributed by atoms with E-state index in [1.807, 2.05) is 48.1 Å². The number of hydrogen-bond donors (Lipinski definition) is 0. The largest absolute Gasteiger partial charge is 0.453 e. The molecular formula is C16H14ClN3O. The van der Waals surface area contributed by atoms with E-state index in [-0.39, 0.29) is 0 Å². The summed E-state index contributed by atoms with van der Waals surface area (Å²) in [5.41, 5.74) is 1.82. The molecular weight excluding hydrogens is 286 g/mol. The van der Waals surface area contributed by atoms with Gasteiger partial charge in [-0.05, 0) is 13.0 Å². The van der Waals surface area contributed by atoms with Crippen LogP contribution in [0.5, 0.6) is 11.5 Å². The van der Waals surface area contributed by atoms with Crippen LogP contribution in [0.15, 0.2) is 54.9 Å². The molecule has 0 N–H and O–H groups in total. The third-order valence-electron chi connectivity index (χ3n) is 3.03. The van der Waals surface area contributed by atoms with Crippen LogP contribution in [-0.2, 0) is 6.54 Å². The number of aryl methyl sites for hydroxylation is 1. The first-order valence-corrected chi connectivity index (χ1v) is 7.06. The van der Waals surface area contributed by atoms with Crippen molar-refractivity contribution in [2.45, 2.75) is 13.5 Å². The van der Waals surface area contributed by atoms with Crippen LogP contribution in [0.25, 0.3) is 11.3 Å². The van der Waals surface area contributed by atoms with E-state index in [4.69, 9.17) is 16.3 Å². The number of hydrogen-bond acceptors (Lipinski definition) is 3. The normalized spacial score (nSPS) is 10.6. The van der Waals surface area contributed by atoms with E-state index in [0.29, 0.717) is 16.7 Å². The average Bonchev–Trinajstić information content (AvgIpc) is 2.91. The van der Waals surface area contributed by atoms with Gasteiger partial charge in [0.1, 0.15) is 16.6 Å². The summed E-state index contributed by atoms with van der Waals surface area (Å²) in [5, 5.41) is 4.96. The van der Waals surface area contributed by atoms with Gasteiger partial charge in [-0.2, -0.15) is 5.10 Å². The zero-order chi connectivity index (χ0) is 14.7. The number of nitrogens with zero attached hydrogens (tertiary/aromatic N) is 3. The lowest BCUT2D eigenvalue weighted by Crippen LogP contribution is -1.93. The fourth-order valence-electron chi connectivity index (χ4n) is 2.01. The van der Waals surface area contributed by atoms with Gasteiger partial charge in [0.05, 0.1) is 6.20 Å². The molecule has 0 amide bonds. The Morgan fingerprint density at radius 2 is 2.00 bits per heavy atom. The zero-order valence-corrected chi connectivity index (χ0v) is 12.3. The van der Waals surface area contributed by atoms with Crippen molar-refractivity contribution in [1.29, 1.82) is 0 Å². The molecule has 5 heteroatoms. The monoisotopic (exact) mass is 299 g/mol. The molecule has 0 fully saturated rings. The lowest BCUT2D eigenvalue weighted by molar-refractivity contribution is 0.482. The highest BCUT2D eigenvalue weighted by Gasteiger charge is 2.13. The van der Waals surface area contributed by atoms with Crippen LogP contribution in [-0.4, -0.2) is 14.8 Å². The Balaban J connectivity index is 2.00. The standard InChI is InChI=1S/C16H14ClN3O/c1-2-20-11-14(21-13-8-9-18-15(17)10-13)16(19-20)12-6-4-3-5-7-12/h3-11H,2H2,1H3. The molecule has 0 spiro atoms. The van der Waals surface area contributed by atoms with Crippen molar-refractivity contribution in [3.63, 3.8) is 0 Å². The quantitative estimate of drug-likeness (QED) is 0.670. The SMILES string of the molecule is CCn1cc(Oc2ccnc(Cl)c2)c(-c2ccccc2)n1. The Kier molecular flexibility index (Phi) is 3.88. The molecule has 0 saturated carbocycles. The Morgan fingerprint density at radius 1 is 1.19 bits per heavy atom. The van der Waals surface area contributed by atoms with Crippen molar-refractivity contribution in [2.75, 3.05) is 0 Å². The number of halogens is 1. The van der Waals surface area contributed by atoms with Crippen LogP contribution in [0.2, 0.25) is 5.15 Å². The van der Waals surface area contributed by atoms with E-state index in [1.54, 1.807) is 18.3 Å². The molecule has 106 valence electrons. The third kappa shape index (κ3) is 3.06. The highest BCUT2D eigenvalue weighted by molar-refractivity contribution is 6.29. The maximum atomic E-state index is 5.92. The minimum atomic E-state index is 0.400. The van der Waals surface area contributed by atoms with E-state index < -0.39 is 0 Å². The lowest BCUT2D eigenvalue weighted by atomic mass is 10.1. The van der Waals surface area contributed by atoms with Gasteiger partial charge in [0.15, 0.2) is 5.75 Å². The maximum absolute atomic E-state index is 5.92. The van der Waals surface area contributed by atoms with E-state index >= 15 is 0 Å². The molecule has 3 aromatic rings. The Hall–Kier alpha value is -2.33. The van der Waals surface area contributed by atoms with Crippen LogP contribution < -0.4 is 4.74 Å². The summed E-state index contributed by atoms with van der Waals surface area (Å²) in [4.78, 5) is 3.95. The molecule has 21 heavy (non-hydrogen) atoms. The highest BCUT2D eigenvalue weighted by Crippen LogP contribution is 2.32. The van der Waals surface area contributed by atoms with Gasteiger partial charge in [0, 0.05) is 24.4 Å². The number of ether oxygens (including phenoxy) is 1. The first kappa shape index (κ1) is 13.6. The minimum Gasteiger partial charge on any atom is -0.453 e. The summed E-state index contributed by atoms with van der Waals surface area (Å²) in [7, 11) is 0. The number of pyridine rings is 1. The van der Waals surface area contributed by atoms with Gasteiger partial charge in [-0.25, -0.2) is 4.98 Å². The van der Waals surface area contributed by atoms with Crippen LogP contribution in [0.1, 0.15) is 6.92 Å². The molecule has 0 atom stereocenters. The van der Waals surface area contributed by atoms with Gasteiger partial charge in [-0.3, -0.25) is 4.68 Å². The summed E-state index contributed by atoms with van der Waals surface area (Å²) in [6, 6.07) is 13.4. The molecule has 2 aromatic heterocycles. The molecule has 0 radical (unpaired) electrons. The predicted molar refractivity (Wildman–Crippen MR) is 82.7 cm³/mol. The molecule has 3 rings (SSSR count). The van der Waals surface area contributed by atoms with Crippen molar-refractivity contribution in [2.24, 2.45) is 0 Å².